The molecule has 1 heterocycles. The van der Waals surface area contributed by atoms with Crippen molar-refractivity contribution in [2.75, 3.05) is 39.2 Å². The Morgan fingerprint density at radius 3 is 2.62 bits per heavy atom. The molecule has 1 aromatic carbocycles. The predicted molar refractivity (Wildman–Crippen MR) is 82.8 cm³/mol. The topological polar surface area (TPSA) is 59.6 Å². The molecule has 0 saturated carbocycles. The Kier molecular flexibility index (Phi) is 5.20. The van der Waals surface area contributed by atoms with Crippen LogP contribution in [0.1, 0.15) is 18.4 Å². The smallest absolute Gasteiger partial charge is 0.233 e. The number of benzene rings is 1. The molecule has 5 heteroatoms. The molecule has 1 aromatic rings. The first kappa shape index (κ1) is 15.8. The summed E-state index contributed by atoms with van der Waals surface area (Å²) >= 11 is 0. The lowest BCUT2D eigenvalue weighted by Crippen LogP contribution is -2.47. The fraction of sp³-hybridized carbons (Fsp3) is 0.562. The predicted octanol–water partition coefficient (Wildman–Crippen LogP) is 1.96. The van der Waals surface area contributed by atoms with Crippen molar-refractivity contribution in [3.05, 3.63) is 23.8 Å². The average Bonchev–Trinajstić information content (AvgIpc) is 2.50. The highest BCUT2D eigenvalue weighted by Crippen LogP contribution is 2.32. The first-order valence-electron chi connectivity index (χ1n) is 7.27. The number of methoxy groups -OCH3 is 2. The van der Waals surface area contributed by atoms with Crippen molar-refractivity contribution in [1.29, 1.82) is 0 Å². The minimum absolute atomic E-state index is 0.0408. The van der Waals surface area contributed by atoms with Crippen LogP contribution in [0.25, 0.3) is 0 Å². The maximum Gasteiger partial charge on any atom is 0.233 e. The van der Waals surface area contributed by atoms with Gasteiger partial charge in [0.05, 0.1) is 19.1 Å². The summed E-state index contributed by atoms with van der Waals surface area (Å²) in [5.41, 5.74) is 1.38. The van der Waals surface area contributed by atoms with E-state index in [1.165, 1.54) is 0 Å². The van der Waals surface area contributed by atoms with Gasteiger partial charge in [0, 0.05) is 12.8 Å². The molecule has 0 spiro atoms. The van der Waals surface area contributed by atoms with Gasteiger partial charge in [-0.25, -0.2) is 0 Å². The summed E-state index contributed by atoms with van der Waals surface area (Å²) in [4.78, 5) is 12.7. The van der Waals surface area contributed by atoms with E-state index in [1.54, 1.807) is 14.2 Å². The molecule has 2 N–H and O–H groups in total. The normalized spacial score (nSPS) is 17.3. The van der Waals surface area contributed by atoms with E-state index >= 15 is 0 Å². The molecule has 5 nitrogen and oxygen atoms in total. The van der Waals surface area contributed by atoms with Crippen LogP contribution in [0.4, 0.5) is 5.69 Å². The number of carbonyl (C=O) groups excluding carboxylic acids is 1. The second-order valence-corrected chi connectivity index (χ2v) is 5.60. The van der Waals surface area contributed by atoms with Gasteiger partial charge in [0.1, 0.15) is 5.75 Å². The third kappa shape index (κ3) is 3.54. The Morgan fingerprint density at radius 1 is 1.33 bits per heavy atom. The van der Waals surface area contributed by atoms with Crippen molar-refractivity contribution >= 4 is 11.6 Å². The van der Waals surface area contributed by atoms with Gasteiger partial charge in [-0.2, -0.15) is 0 Å². The second-order valence-electron chi connectivity index (χ2n) is 5.60. The minimum Gasteiger partial charge on any atom is -0.497 e. The highest BCUT2D eigenvalue weighted by molar-refractivity contribution is 5.96. The first-order chi connectivity index (χ1) is 10.1. The summed E-state index contributed by atoms with van der Waals surface area (Å²) in [5.74, 6) is 0.832. The summed E-state index contributed by atoms with van der Waals surface area (Å²) in [5, 5.41) is 6.35. The van der Waals surface area contributed by atoms with Crippen molar-refractivity contribution in [3.8, 4) is 5.75 Å². The van der Waals surface area contributed by atoms with Crippen molar-refractivity contribution in [2.24, 2.45) is 5.41 Å². The highest BCUT2D eigenvalue weighted by atomic mass is 16.5. The number of hydrogen-bond acceptors (Lipinski definition) is 4. The van der Waals surface area contributed by atoms with E-state index in [9.17, 15) is 4.79 Å². The molecule has 0 atom stereocenters. The highest BCUT2D eigenvalue weighted by Gasteiger charge is 2.39. The van der Waals surface area contributed by atoms with Crippen LogP contribution in [0.5, 0.6) is 5.75 Å². The molecule has 0 aromatic heterocycles. The first-order valence-corrected chi connectivity index (χ1v) is 7.27. The Hall–Kier alpha value is -1.59. The molecule has 1 aliphatic rings. The van der Waals surface area contributed by atoms with Crippen LogP contribution < -0.4 is 15.4 Å². The molecular formula is C16H24N2O3. The van der Waals surface area contributed by atoms with Gasteiger partial charge in [-0.1, -0.05) is 0 Å². The zero-order valence-corrected chi connectivity index (χ0v) is 13.0. The zero-order valence-electron chi connectivity index (χ0n) is 13.0. The Bertz CT molecular complexity index is 491. The third-order valence-corrected chi connectivity index (χ3v) is 4.14. The van der Waals surface area contributed by atoms with E-state index in [0.717, 1.165) is 42.9 Å². The van der Waals surface area contributed by atoms with Crippen molar-refractivity contribution in [3.63, 3.8) is 0 Å². The fourth-order valence-corrected chi connectivity index (χ4v) is 2.78. The van der Waals surface area contributed by atoms with Gasteiger partial charge in [-0.05, 0) is 56.6 Å². The summed E-state index contributed by atoms with van der Waals surface area (Å²) in [7, 11) is 3.28. The number of piperidine rings is 1. The SMILES string of the molecule is COCC1(C(=O)Nc2ccc(OC)cc2C)CCNCC1. The van der Waals surface area contributed by atoms with Crippen LogP contribution in [-0.2, 0) is 9.53 Å². The van der Waals surface area contributed by atoms with Crippen LogP contribution in [0, 0.1) is 12.3 Å². The number of rotatable bonds is 5. The third-order valence-electron chi connectivity index (χ3n) is 4.14. The second kappa shape index (κ2) is 6.91. The minimum atomic E-state index is -0.438. The lowest BCUT2D eigenvalue weighted by molar-refractivity contribution is -0.130. The fourth-order valence-electron chi connectivity index (χ4n) is 2.78. The van der Waals surface area contributed by atoms with Crippen LogP contribution >= 0.6 is 0 Å². The summed E-state index contributed by atoms with van der Waals surface area (Å²) in [6, 6.07) is 5.66. The van der Waals surface area contributed by atoms with Gasteiger partial charge in [0.15, 0.2) is 0 Å². The quantitative estimate of drug-likeness (QED) is 0.871. The molecule has 0 aliphatic carbocycles. The number of aryl methyl sites for hydroxylation is 1. The van der Waals surface area contributed by atoms with Crippen LogP contribution in [0.2, 0.25) is 0 Å². The van der Waals surface area contributed by atoms with Crippen LogP contribution in [0.15, 0.2) is 18.2 Å². The number of amides is 1. The lowest BCUT2D eigenvalue weighted by atomic mass is 9.78. The molecule has 0 radical (unpaired) electrons. The summed E-state index contributed by atoms with van der Waals surface area (Å²) < 4.78 is 10.5. The zero-order chi connectivity index (χ0) is 15.3. The average molecular weight is 292 g/mol. The van der Waals surface area contributed by atoms with Crippen LogP contribution in [-0.4, -0.2) is 39.8 Å². The molecule has 0 unspecified atom stereocenters. The molecule has 0 bridgehead atoms. The van der Waals surface area contributed by atoms with Crippen molar-refractivity contribution in [2.45, 2.75) is 19.8 Å². The lowest BCUT2D eigenvalue weighted by Gasteiger charge is -2.35. The largest absolute Gasteiger partial charge is 0.497 e. The standard InChI is InChI=1S/C16H24N2O3/c1-12-10-13(21-3)4-5-14(12)18-15(19)16(11-20-2)6-8-17-9-7-16/h4-5,10,17H,6-9,11H2,1-3H3,(H,18,19). The molecule has 116 valence electrons. The number of ether oxygens (including phenoxy) is 2. The van der Waals surface area contributed by atoms with Gasteiger partial charge < -0.3 is 20.1 Å². The number of anilines is 1. The van der Waals surface area contributed by atoms with Crippen molar-refractivity contribution in [1.82, 2.24) is 5.32 Å². The van der Waals surface area contributed by atoms with Gasteiger partial charge >= 0.3 is 0 Å². The molecular weight excluding hydrogens is 268 g/mol. The summed E-state index contributed by atoms with van der Waals surface area (Å²) in [6.07, 6.45) is 1.59. The molecule has 1 saturated heterocycles. The van der Waals surface area contributed by atoms with Crippen molar-refractivity contribution < 1.29 is 14.3 Å². The Labute approximate surface area is 126 Å². The summed E-state index contributed by atoms with van der Waals surface area (Å²) in [6.45, 7) is 4.11. The number of nitrogens with one attached hydrogen (secondary N) is 2. The van der Waals surface area contributed by atoms with E-state index in [0.29, 0.717) is 6.61 Å². The Balaban J connectivity index is 2.15. The van der Waals surface area contributed by atoms with E-state index in [2.05, 4.69) is 10.6 Å². The molecule has 1 aliphatic heterocycles. The molecule has 1 fully saturated rings. The van der Waals surface area contributed by atoms with Gasteiger partial charge in [-0.3, -0.25) is 4.79 Å². The maximum atomic E-state index is 12.7. The van der Waals surface area contributed by atoms with E-state index in [-0.39, 0.29) is 5.91 Å². The monoisotopic (exact) mass is 292 g/mol. The van der Waals surface area contributed by atoms with E-state index < -0.39 is 5.41 Å². The van der Waals surface area contributed by atoms with E-state index in [4.69, 9.17) is 9.47 Å². The molecule has 2 rings (SSSR count). The van der Waals surface area contributed by atoms with Gasteiger partial charge in [0.25, 0.3) is 0 Å². The number of carbonyl (C=O) groups is 1. The van der Waals surface area contributed by atoms with Crippen LogP contribution in [0.3, 0.4) is 0 Å². The Morgan fingerprint density at radius 2 is 2.05 bits per heavy atom. The molecule has 21 heavy (non-hydrogen) atoms. The number of hydrogen-bond donors (Lipinski definition) is 2. The van der Waals surface area contributed by atoms with Gasteiger partial charge in [-0.15, -0.1) is 0 Å². The van der Waals surface area contributed by atoms with Gasteiger partial charge in [0.2, 0.25) is 5.91 Å². The maximum absolute atomic E-state index is 12.7. The molecule has 1 amide bonds. The van der Waals surface area contributed by atoms with E-state index in [1.807, 2.05) is 25.1 Å².